The number of carbonyl (C=O) groups is 2. The first kappa shape index (κ1) is 24.3. The van der Waals surface area contributed by atoms with E-state index in [-0.39, 0.29) is 24.0 Å². The van der Waals surface area contributed by atoms with E-state index in [1.807, 2.05) is 60.9 Å². The Morgan fingerprint density at radius 2 is 1.85 bits per heavy atom. The zero-order valence-corrected chi connectivity index (χ0v) is 20.0. The lowest BCUT2D eigenvalue weighted by atomic mass is 10.1. The van der Waals surface area contributed by atoms with Gasteiger partial charge in [0.05, 0.1) is 12.2 Å². The lowest BCUT2D eigenvalue weighted by molar-refractivity contribution is -0.116. The molecule has 0 radical (unpaired) electrons. The van der Waals surface area contributed by atoms with Crippen LogP contribution in [0.4, 0.5) is 11.4 Å². The second-order valence-electron chi connectivity index (χ2n) is 7.67. The highest BCUT2D eigenvalue weighted by Gasteiger charge is 2.17. The number of nitrogens with one attached hydrogen (secondary N) is 2. The van der Waals surface area contributed by atoms with Gasteiger partial charge in [0.1, 0.15) is 5.82 Å². The third-order valence-corrected chi connectivity index (χ3v) is 6.19. The normalized spacial score (nSPS) is 10.6. The third-order valence-electron chi connectivity index (χ3n) is 5.22. The van der Waals surface area contributed by atoms with Gasteiger partial charge >= 0.3 is 0 Å². The van der Waals surface area contributed by atoms with Gasteiger partial charge in [-0.1, -0.05) is 49.0 Å². The summed E-state index contributed by atoms with van der Waals surface area (Å²) >= 11 is 1.28. The lowest BCUT2D eigenvalue weighted by Crippen LogP contribution is -2.18. The lowest BCUT2D eigenvalue weighted by Gasteiger charge is -2.10. The van der Waals surface area contributed by atoms with Crippen LogP contribution in [0.15, 0.2) is 60.3 Å². The predicted molar refractivity (Wildman–Crippen MR) is 134 cm³/mol. The van der Waals surface area contributed by atoms with E-state index in [1.165, 1.54) is 17.3 Å². The molecule has 33 heavy (non-hydrogen) atoms. The number of amides is 2. The SMILES string of the molecule is C=CCn1c(CC(=O)Nc2ccc(C)c(C)c2)nnc1SCC(=O)Nc1ccccc1CC. The number of aryl methyl sites for hydroxylation is 3. The molecule has 0 spiro atoms. The number of aromatic nitrogens is 3. The van der Waals surface area contributed by atoms with Gasteiger partial charge in [-0.2, -0.15) is 0 Å². The van der Waals surface area contributed by atoms with E-state index in [9.17, 15) is 9.59 Å². The first-order valence-corrected chi connectivity index (χ1v) is 11.8. The average Bonchev–Trinajstić information content (AvgIpc) is 3.16. The molecule has 0 aliphatic rings. The maximum absolute atomic E-state index is 12.6. The van der Waals surface area contributed by atoms with E-state index in [1.54, 1.807) is 6.08 Å². The van der Waals surface area contributed by atoms with Crippen molar-refractivity contribution in [2.45, 2.75) is 45.3 Å². The Balaban J connectivity index is 1.63. The highest BCUT2D eigenvalue weighted by Crippen LogP contribution is 2.20. The number of para-hydroxylation sites is 1. The van der Waals surface area contributed by atoms with E-state index < -0.39 is 0 Å². The molecule has 8 heteroatoms. The van der Waals surface area contributed by atoms with E-state index in [2.05, 4.69) is 34.3 Å². The molecule has 0 fully saturated rings. The molecule has 1 heterocycles. The Bertz CT molecular complexity index is 1160. The summed E-state index contributed by atoms with van der Waals surface area (Å²) in [6.07, 6.45) is 2.63. The predicted octanol–water partition coefficient (Wildman–Crippen LogP) is 4.56. The summed E-state index contributed by atoms with van der Waals surface area (Å²) in [6, 6.07) is 13.6. The largest absolute Gasteiger partial charge is 0.326 e. The molecule has 2 aromatic carbocycles. The first-order valence-electron chi connectivity index (χ1n) is 10.8. The van der Waals surface area contributed by atoms with Crippen molar-refractivity contribution in [2.24, 2.45) is 0 Å². The minimum absolute atomic E-state index is 0.0738. The highest BCUT2D eigenvalue weighted by molar-refractivity contribution is 7.99. The fraction of sp³-hybridized carbons (Fsp3) is 0.280. The van der Waals surface area contributed by atoms with Crippen LogP contribution < -0.4 is 10.6 Å². The maximum atomic E-state index is 12.6. The van der Waals surface area contributed by atoms with E-state index >= 15 is 0 Å². The van der Waals surface area contributed by atoms with Crippen molar-refractivity contribution in [3.8, 4) is 0 Å². The van der Waals surface area contributed by atoms with Crippen LogP contribution in [-0.4, -0.2) is 32.3 Å². The molecule has 2 N–H and O–H groups in total. The first-order chi connectivity index (χ1) is 15.9. The molecule has 3 aromatic rings. The van der Waals surface area contributed by atoms with Gasteiger partial charge < -0.3 is 15.2 Å². The molecule has 172 valence electrons. The van der Waals surface area contributed by atoms with Gasteiger partial charge in [0.2, 0.25) is 11.8 Å². The van der Waals surface area contributed by atoms with Crippen LogP contribution in [-0.2, 0) is 29.0 Å². The quantitative estimate of drug-likeness (QED) is 0.340. The number of benzene rings is 2. The van der Waals surface area contributed by atoms with Crippen molar-refractivity contribution in [3.63, 3.8) is 0 Å². The topological polar surface area (TPSA) is 88.9 Å². The van der Waals surface area contributed by atoms with Crippen molar-refractivity contribution in [1.29, 1.82) is 0 Å². The van der Waals surface area contributed by atoms with Crippen LogP contribution in [0.5, 0.6) is 0 Å². The minimum atomic E-state index is -0.179. The molecule has 0 saturated heterocycles. The number of hydrogen-bond acceptors (Lipinski definition) is 5. The van der Waals surface area contributed by atoms with Gasteiger partial charge in [-0.15, -0.1) is 16.8 Å². The fourth-order valence-corrected chi connectivity index (χ4v) is 4.07. The van der Waals surface area contributed by atoms with Crippen molar-refractivity contribution in [3.05, 3.63) is 77.6 Å². The molecule has 0 bridgehead atoms. The Kier molecular flexibility index (Phi) is 8.43. The number of allylic oxidation sites excluding steroid dienone is 1. The summed E-state index contributed by atoms with van der Waals surface area (Å²) in [6.45, 7) is 10.3. The summed E-state index contributed by atoms with van der Waals surface area (Å²) in [5, 5.41) is 14.8. The van der Waals surface area contributed by atoms with Gasteiger partial charge in [-0.25, -0.2) is 0 Å². The van der Waals surface area contributed by atoms with Gasteiger partial charge in [0, 0.05) is 17.9 Å². The van der Waals surface area contributed by atoms with Gasteiger partial charge in [-0.3, -0.25) is 9.59 Å². The van der Waals surface area contributed by atoms with Crippen LogP contribution in [0, 0.1) is 13.8 Å². The zero-order chi connectivity index (χ0) is 23.8. The summed E-state index contributed by atoms with van der Waals surface area (Å²) in [5.74, 6) is 0.405. The molecular formula is C25H29N5O2S. The Labute approximate surface area is 198 Å². The Morgan fingerprint density at radius 3 is 2.58 bits per heavy atom. The van der Waals surface area contributed by atoms with Crippen molar-refractivity contribution in [2.75, 3.05) is 16.4 Å². The zero-order valence-electron chi connectivity index (χ0n) is 19.2. The van der Waals surface area contributed by atoms with Crippen molar-refractivity contribution < 1.29 is 9.59 Å². The summed E-state index contributed by atoms with van der Waals surface area (Å²) in [5.41, 5.74) is 4.94. The Morgan fingerprint density at radius 1 is 1.06 bits per heavy atom. The van der Waals surface area contributed by atoms with Crippen molar-refractivity contribution in [1.82, 2.24) is 14.8 Å². The molecule has 3 rings (SSSR count). The molecule has 0 aliphatic heterocycles. The molecule has 1 aromatic heterocycles. The second kappa shape index (κ2) is 11.5. The third kappa shape index (κ3) is 6.55. The number of nitrogens with zero attached hydrogens (tertiary/aromatic N) is 3. The summed E-state index contributed by atoms with van der Waals surface area (Å²) < 4.78 is 1.81. The van der Waals surface area contributed by atoms with Crippen LogP contribution in [0.3, 0.4) is 0 Å². The fourth-order valence-electron chi connectivity index (χ4n) is 3.30. The summed E-state index contributed by atoms with van der Waals surface area (Å²) in [7, 11) is 0. The monoisotopic (exact) mass is 463 g/mol. The van der Waals surface area contributed by atoms with Gasteiger partial charge in [0.25, 0.3) is 0 Å². The minimum Gasteiger partial charge on any atom is -0.326 e. The molecular weight excluding hydrogens is 434 g/mol. The van der Waals surface area contributed by atoms with E-state index in [0.29, 0.717) is 17.5 Å². The smallest absolute Gasteiger partial charge is 0.234 e. The molecule has 0 saturated carbocycles. The molecule has 2 amide bonds. The Hall–Kier alpha value is -3.39. The van der Waals surface area contributed by atoms with Crippen LogP contribution >= 0.6 is 11.8 Å². The number of thioether (sulfide) groups is 1. The number of hydrogen-bond donors (Lipinski definition) is 2. The van der Waals surface area contributed by atoms with E-state index in [4.69, 9.17) is 0 Å². The number of rotatable bonds is 10. The van der Waals surface area contributed by atoms with Gasteiger partial charge in [-0.05, 0) is 55.2 Å². The number of carbonyl (C=O) groups excluding carboxylic acids is 2. The maximum Gasteiger partial charge on any atom is 0.234 e. The number of anilines is 2. The van der Waals surface area contributed by atoms with Crippen LogP contribution in [0.2, 0.25) is 0 Å². The van der Waals surface area contributed by atoms with Crippen LogP contribution in [0.25, 0.3) is 0 Å². The molecule has 0 aliphatic carbocycles. The van der Waals surface area contributed by atoms with Crippen molar-refractivity contribution >= 4 is 35.0 Å². The second-order valence-corrected chi connectivity index (χ2v) is 8.61. The molecule has 0 unspecified atom stereocenters. The van der Waals surface area contributed by atoms with Gasteiger partial charge in [0.15, 0.2) is 5.16 Å². The average molecular weight is 464 g/mol. The standard InChI is InChI=1S/C25H29N5O2S/c1-5-13-30-22(15-23(31)26-20-12-11-17(3)18(4)14-20)28-29-25(30)33-16-24(32)27-21-10-8-7-9-19(21)6-2/h5,7-12,14H,1,6,13,15-16H2,2-4H3,(H,26,31)(H,27,32). The molecule has 7 nitrogen and oxygen atoms in total. The van der Waals surface area contributed by atoms with E-state index in [0.717, 1.165) is 28.9 Å². The van der Waals surface area contributed by atoms with Crippen LogP contribution in [0.1, 0.15) is 29.4 Å². The highest BCUT2D eigenvalue weighted by atomic mass is 32.2. The molecule has 0 atom stereocenters. The summed E-state index contributed by atoms with van der Waals surface area (Å²) in [4.78, 5) is 25.1.